The molecular weight excluding hydrogens is 230 g/mol. The number of hydrogen-bond donors (Lipinski definition) is 2. The van der Waals surface area contributed by atoms with Crippen molar-refractivity contribution in [3.05, 3.63) is 23.9 Å². The molecule has 1 heterocycles. The summed E-state index contributed by atoms with van der Waals surface area (Å²) in [7, 11) is 1.56. The fourth-order valence-electron chi connectivity index (χ4n) is 1.61. The van der Waals surface area contributed by atoms with Crippen LogP contribution in [0.4, 0.5) is 0 Å². The highest BCUT2D eigenvalue weighted by Crippen LogP contribution is 2.08. The van der Waals surface area contributed by atoms with Gasteiger partial charge in [0.15, 0.2) is 0 Å². The van der Waals surface area contributed by atoms with Crippen LogP contribution >= 0.6 is 0 Å². The molecular formula is C13H21N3O2. The van der Waals surface area contributed by atoms with Crippen LogP contribution in [0.2, 0.25) is 0 Å². The molecule has 1 aromatic rings. The number of rotatable bonds is 6. The maximum absolute atomic E-state index is 11.7. The molecule has 0 spiro atoms. The number of nitrogens with one attached hydrogen (secondary N) is 1. The molecule has 1 amide bonds. The molecule has 1 aromatic heterocycles. The highest BCUT2D eigenvalue weighted by molar-refractivity contribution is 5.81. The summed E-state index contributed by atoms with van der Waals surface area (Å²) in [5.41, 5.74) is 6.73. The summed E-state index contributed by atoms with van der Waals surface area (Å²) in [5, 5.41) is 2.81. The molecule has 0 fully saturated rings. The molecule has 1 rings (SSSR count). The van der Waals surface area contributed by atoms with Gasteiger partial charge in [-0.2, -0.15) is 0 Å². The van der Waals surface area contributed by atoms with E-state index in [1.807, 2.05) is 19.9 Å². The quantitative estimate of drug-likeness (QED) is 0.793. The number of nitrogens with zero attached hydrogens (tertiary/aromatic N) is 1. The van der Waals surface area contributed by atoms with E-state index in [0.29, 0.717) is 24.8 Å². The van der Waals surface area contributed by atoms with E-state index in [1.54, 1.807) is 19.4 Å². The molecule has 0 aliphatic rings. The van der Waals surface area contributed by atoms with Gasteiger partial charge < -0.3 is 15.8 Å². The smallest absolute Gasteiger partial charge is 0.237 e. The highest BCUT2D eigenvalue weighted by Gasteiger charge is 2.14. The van der Waals surface area contributed by atoms with Crippen LogP contribution in [0.25, 0.3) is 0 Å². The number of ether oxygens (including phenoxy) is 1. The van der Waals surface area contributed by atoms with Gasteiger partial charge in [-0.15, -0.1) is 0 Å². The monoisotopic (exact) mass is 251 g/mol. The van der Waals surface area contributed by atoms with Crippen molar-refractivity contribution in [2.45, 2.75) is 32.9 Å². The molecule has 0 bridgehead atoms. The Morgan fingerprint density at radius 1 is 1.56 bits per heavy atom. The first kappa shape index (κ1) is 14.4. The van der Waals surface area contributed by atoms with Gasteiger partial charge in [-0.1, -0.05) is 13.8 Å². The van der Waals surface area contributed by atoms with Crippen LogP contribution in [-0.2, 0) is 11.3 Å². The van der Waals surface area contributed by atoms with Crippen molar-refractivity contribution in [2.75, 3.05) is 7.11 Å². The maximum atomic E-state index is 11.7. The second-order valence-corrected chi connectivity index (χ2v) is 4.66. The lowest BCUT2D eigenvalue weighted by Gasteiger charge is -2.14. The van der Waals surface area contributed by atoms with Crippen LogP contribution in [-0.4, -0.2) is 24.0 Å². The molecule has 18 heavy (non-hydrogen) atoms. The zero-order valence-electron chi connectivity index (χ0n) is 11.1. The van der Waals surface area contributed by atoms with Gasteiger partial charge in [-0.05, 0) is 24.0 Å². The second kappa shape index (κ2) is 6.96. The predicted octanol–water partition coefficient (Wildman–Crippen LogP) is 1.08. The molecule has 5 heteroatoms. The van der Waals surface area contributed by atoms with E-state index >= 15 is 0 Å². The van der Waals surface area contributed by atoms with E-state index in [4.69, 9.17) is 10.5 Å². The fourth-order valence-corrected chi connectivity index (χ4v) is 1.61. The molecule has 1 atom stereocenters. The lowest BCUT2D eigenvalue weighted by atomic mass is 10.0. The Kier molecular flexibility index (Phi) is 5.58. The Bertz CT molecular complexity index is 394. The summed E-state index contributed by atoms with van der Waals surface area (Å²) in [5.74, 6) is 0.819. The minimum Gasteiger partial charge on any atom is -0.481 e. The molecule has 0 aliphatic carbocycles. The number of amides is 1. The summed E-state index contributed by atoms with van der Waals surface area (Å²) in [6, 6.07) is 3.17. The van der Waals surface area contributed by atoms with Crippen LogP contribution in [0.5, 0.6) is 5.88 Å². The largest absolute Gasteiger partial charge is 0.481 e. The van der Waals surface area contributed by atoms with Gasteiger partial charge in [0, 0.05) is 18.8 Å². The van der Waals surface area contributed by atoms with E-state index in [0.717, 1.165) is 5.56 Å². The number of nitrogens with two attached hydrogens (primary N) is 1. The van der Waals surface area contributed by atoms with E-state index < -0.39 is 6.04 Å². The second-order valence-electron chi connectivity index (χ2n) is 4.66. The molecule has 5 nitrogen and oxygen atoms in total. The molecule has 100 valence electrons. The Labute approximate surface area is 108 Å². The van der Waals surface area contributed by atoms with Gasteiger partial charge in [-0.3, -0.25) is 4.79 Å². The van der Waals surface area contributed by atoms with Crippen molar-refractivity contribution < 1.29 is 9.53 Å². The molecule has 0 aliphatic heterocycles. The molecule has 0 aromatic carbocycles. The SMILES string of the molecule is COc1cc(CNC(=O)C(N)CC(C)C)ccn1. The first-order valence-electron chi connectivity index (χ1n) is 6.05. The molecule has 0 radical (unpaired) electrons. The first-order valence-corrected chi connectivity index (χ1v) is 6.05. The summed E-state index contributed by atoms with van der Waals surface area (Å²) < 4.78 is 5.01. The zero-order chi connectivity index (χ0) is 13.5. The van der Waals surface area contributed by atoms with Gasteiger partial charge in [0.05, 0.1) is 13.2 Å². The number of aromatic nitrogens is 1. The third-order valence-corrected chi connectivity index (χ3v) is 2.54. The van der Waals surface area contributed by atoms with Crippen molar-refractivity contribution in [1.82, 2.24) is 10.3 Å². The lowest BCUT2D eigenvalue weighted by molar-refractivity contribution is -0.122. The van der Waals surface area contributed by atoms with Crippen molar-refractivity contribution in [1.29, 1.82) is 0 Å². The van der Waals surface area contributed by atoms with E-state index in [2.05, 4.69) is 10.3 Å². The van der Waals surface area contributed by atoms with Crippen LogP contribution in [0, 0.1) is 5.92 Å². The Balaban J connectivity index is 2.46. The van der Waals surface area contributed by atoms with Gasteiger partial charge >= 0.3 is 0 Å². The number of carbonyl (C=O) groups excluding carboxylic acids is 1. The van der Waals surface area contributed by atoms with Crippen LogP contribution in [0.15, 0.2) is 18.3 Å². The minimum atomic E-state index is -0.450. The molecule has 1 unspecified atom stereocenters. The van der Waals surface area contributed by atoms with Gasteiger partial charge in [0.2, 0.25) is 11.8 Å². The summed E-state index contributed by atoms with van der Waals surface area (Å²) >= 11 is 0. The van der Waals surface area contributed by atoms with Gasteiger partial charge in [-0.25, -0.2) is 4.98 Å². The average molecular weight is 251 g/mol. The van der Waals surface area contributed by atoms with Gasteiger partial charge in [0.1, 0.15) is 0 Å². The normalized spacial score (nSPS) is 12.3. The van der Waals surface area contributed by atoms with Crippen molar-refractivity contribution >= 4 is 5.91 Å². The highest BCUT2D eigenvalue weighted by atomic mass is 16.5. The molecule has 0 saturated carbocycles. The van der Waals surface area contributed by atoms with Gasteiger partial charge in [0.25, 0.3) is 0 Å². The third-order valence-electron chi connectivity index (χ3n) is 2.54. The third kappa shape index (κ3) is 4.71. The standard InChI is InChI=1S/C13H21N3O2/c1-9(2)6-11(14)13(17)16-8-10-4-5-15-12(7-10)18-3/h4-5,7,9,11H,6,8,14H2,1-3H3,(H,16,17). The van der Waals surface area contributed by atoms with Crippen molar-refractivity contribution in [2.24, 2.45) is 11.7 Å². The minimum absolute atomic E-state index is 0.125. The molecule has 0 saturated heterocycles. The van der Waals surface area contributed by atoms with Crippen molar-refractivity contribution in [3.63, 3.8) is 0 Å². The number of hydrogen-bond acceptors (Lipinski definition) is 4. The molecule has 3 N–H and O–H groups in total. The van der Waals surface area contributed by atoms with E-state index in [1.165, 1.54) is 0 Å². The fraction of sp³-hybridized carbons (Fsp3) is 0.538. The Hall–Kier alpha value is -1.62. The summed E-state index contributed by atoms with van der Waals surface area (Å²) in [6.45, 7) is 4.52. The zero-order valence-corrected chi connectivity index (χ0v) is 11.1. The predicted molar refractivity (Wildman–Crippen MR) is 70.1 cm³/mol. The van der Waals surface area contributed by atoms with Crippen molar-refractivity contribution in [3.8, 4) is 5.88 Å². The van der Waals surface area contributed by atoms with Crippen LogP contribution < -0.4 is 15.8 Å². The lowest BCUT2D eigenvalue weighted by Crippen LogP contribution is -2.41. The summed E-state index contributed by atoms with van der Waals surface area (Å²) in [6.07, 6.45) is 2.33. The van der Waals surface area contributed by atoms with E-state index in [-0.39, 0.29) is 5.91 Å². The number of methoxy groups -OCH3 is 1. The summed E-state index contributed by atoms with van der Waals surface area (Å²) in [4.78, 5) is 15.7. The topological polar surface area (TPSA) is 77.2 Å². The Morgan fingerprint density at radius 3 is 2.89 bits per heavy atom. The van der Waals surface area contributed by atoms with Crippen LogP contribution in [0.1, 0.15) is 25.8 Å². The Morgan fingerprint density at radius 2 is 2.28 bits per heavy atom. The van der Waals surface area contributed by atoms with E-state index in [9.17, 15) is 4.79 Å². The number of pyridine rings is 1. The average Bonchev–Trinajstić information content (AvgIpc) is 2.35. The maximum Gasteiger partial charge on any atom is 0.237 e. The first-order chi connectivity index (χ1) is 8.52. The van der Waals surface area contributed by atoms with Crippen LogP contribution in [0.3, 0.4) is 0 Å². The number of carbonyl (C=O) groups is 1.